The number of hydrogen-bond donors (Lipinski definition) is 2. The summed E-state index contributed by atoms with van der Waals surface area (Å²) >= 11 is 0. The molecule has 0 radical (unpaired) electrons. The summed E-state index contributed by atoms with van der Waals surface area (Å²) in [6.07, 6.45) is 1.08. The second-order valence-electron chi connectivity index (χ2n) is 9.41. The predicted octanol–water partition coefficient (Wildman–Crippen LogP) is 2.47. The normalized spacial score (nSPS) is 40.3. The first-order chi connectivity index (χ1) is 13.7. The molecule has 7 heteroatoms. The first-order valence-electron chi connectivity index (χ1n) is 10.3. The summed E-state index contributed by atoms with van der Waals surface area (Å²) in [5.41, 5.74) is -1.07. The zero-order chi connectivity index (χ0) is 20.3. The number of carbonyl (C=O) groups excluding carboxylic acids is 1. The lowest BCUT2D eigenvalue weighted by atomic mass is 9.59. The molecule has 5 nitrogen and oxygen atoms in total. The van der Waals surface area contributed by atoms with Crippen molar-refractivity contribution in [2.24, 2.45) is 17.8 Å². The van der Waals surface area contributed by atoms with Gasteiger partial charge in [-0.25, -0.2) is 8.78 Å². The van der Waals surface area contributed by atoms with Gasteiger partial charge in [-0.3, -0.25) is 9.69 Å². The van der Waals surface area contributed by atoms with Crippen LogP contribution in [0.5, 0.6) is 0 Å². The fraction of sp³-hybridized carbons (Fsp3) is 0.591. The lowest BCUT2D eigenvalue weighted by Gasteiger charge is -2.56. The van der Waals surface area contributed by atoms with Crippen molar-refractivity contribution in [3.63, 3.8) is 0 Å². The molecule has 154 valence electrons. The van der Waals surface area contributed by atoms with Crippen LogP contribution in [0.25, 0.3) is 10.9 Å². The van der Waals surface area contributed by atoms with Gasteiger partial charge in [-0.15, -0.1) is 0 Å². The van der Waals surface area contributed by atoms with Crippen LogP contribution in [-0.2, 0) is 21.4 Å². The van der Waals surface area contributed by atoms with Gasteiger partial charge in [-0.05, 0) is 36.3 Å². The SMILES string of the molecule is COC(=O)C12CC3C4CN(CCc5c1[nH]c1ccccc51)C2C(O)(C(C)(F)F)C43. The Bertz CT molecular complexity index is 1050. The number of fused-ring (bicyclic) bond motifs is 5. The lowest BCUT2D eigenvalue weighted by molar-refractivity contribution is -0.249. The van der Waals surface area contributed by atoms with E-state index in [0.717, 1.165) is 23.4 Å². The van der Waals surface area contributed by atoms with Gasteiger partial charge in [0.1, 0.15) is 11.0 Å². The van der Waals surface area contributed by atoms with E-state index in [0.29, 0.717) is 31.6 Å². The number of alkyl halides is 2. The van der Waals surface area contributed by atoms with Crippen molar-refractivity contribution in [3.8, 4) is 0 Å². The largest absolute Gasteiger partial charge is 0.468 e. The van der Waals surface area contributed by atoms with Crippen molar-refractivity contribution < 1.29 is 23.4 Å². The minimum Gasteiger partial charge on any atom is -0.468 e. The quantitative estimate of drug-likeness (QED) is 0.758. The highest BCUT2D eigenvalue weighted by atomic mass is 19.3. The number of methoxy groups -OCH3 is 1. The maximum Gasteiger partial charge on any atom is 0.319 e. The summed E-state index contributed by atoms with van der Waals surface area (Å²) < 4.78 is 35.3. The third-order valence-electron chi connectivity index (χ3n) is 8.25. The van der Waals surface area contributed by atoms with Gasteiger partial charge >= 0.3 is 5.97 Å². The number of hydrogen-bond acceptors (Lipinski definition) is 4. The van der Waals surface area contributed by atoms with E-state index in [4.69, 9.17) is 4.74 Å². The molecule has 2 bridgehead atoms. The minimum atomic E-state index is -3.33. The maximum absolute atomic E-state index is 15.0. The summed E-state index contributed by atoms with van der Waals surface area (Å²) in [7, 11) is 1.31. The maximum atomic E-state index is 15.0. The molecule has 1 saturated heterocycles. The molecular weight excluding hydrogens is 378 g/mol. The number of halogens is 2. The number of para-hydroxylation sites is 1. The summed E-state index contributed by atoms with van der Waals surface area (Å²) in [6.45, 7) is 1.99. The number of nitrogens with one attached hydrogen (secondary N) is 1. The minimum absolute atomic E-state index is 0.000431. The van der Waals surface area contributed by atoms with E-state index in [1.807, 2.05) is 29.2 Å². The molecule has 2 aromatic rings. The molecular formula is C22H24F2N2O3. The number of aliphatic hydroxyl groups is 1. The number of carbonyl (C=O) groups is 1. The molecule has 0 spiro atoms. The lowest BCUT2D eigenvalue weighted by Crippen LogP contribution is -2.74. The average Bonchev–Trinajstić information content (AvgIpc) is 3.33. The highest BCUT2D eigenvalue weighted by Crippen LogP contribution is 2.72. The molecule has 2 aliphatic carbocycles. The van der Waals surface area contributed by atoms with Crippen molar-refractivity contribution in [2.45, 2.75) is 42.7 Å². The van der Waals surface area contributed by atoms with E-state index in [9.17, 15) is 9.90 Å². The van der Waals surface area contributed by atoms with Crippen LogP contribution in [0, 0.1) is 17.8 Å². The number of ether oxygens (including phenoxy) is 1. The number of piperidine rings is 1. The Balaban J connectivity index is 1.69. The van der Waals surface area contributed by atoms with Crippen molar-refractivity contribution in [3.05, 3.63) is 35.5 Å². The molecule has 6 unspecified atom stereocenters. The smallest absolute Gasteiger partial charge is 0.319 e. The Hall–Kier alpha value is -1.99. The van der Waals surface area contributed by atoms with Gasteiger partial charge in [0.05, 0.1) is 13.2 Å². The number of esters is 1. The van der Waals surface area contributed by atoms with Crippen LogP contribution in [0.2, 0.25) is 0 Å². The van der Waals surface area contributed by atoms with E-state index in [-0.39, 0.29) is 11.8 Å². The zero-order valence-corrected chi connectivity index (χ0v) is 16.4. The third kappa shape index (κ3) is 1.85. The number of aromatic amines is 1. The molecule has 6 rings (SSSR count). The van der Waals surface area contributed by atoms with Crippen molar-refractivity contribution in [1.29, 1.82) is 0 Å². The van der Waals surface area contributed by atoms with Gasteiger partial charge in [-0.1, -0.05) is 18.2 Å². The van der Waals surface area contributed by atoms with E-state index in [2.05, 4.69) is 4.98 Å². The monoisotopic (exact) mass is 402 g/mol. The van der Waals surface area contributed by atoms with Crippen molar-refractivity contribution >= 4 is 16.9 Å². The second kappa shape index (κ2) is 5.19. The van der Waals surface area contributed by atoms with Gasteiger partial charge in [0, 0.05) is 42.5 Å². The highest BCUT2D eigenvalue weighted by Gasteiger charge is 2.83. The molecule has 29 heavy (non-hydrogen) atoms. The Morgan fingerprint density at radius 1 is 1.34 bits per heavy atom. The van der Waals surface area contributed by atoms with Crippen LogP contribution in [0.1, 0.15) is 24.6 Å². The number of aromatic nitrogens is 1. The fourth-order valence-corrected chi connectivity index (χ4v) is 7.20. The van der Waals surface area contributed by atoms with Gasteiger partial charge in [0.15, 0.2) is 0 Å². The number of nitrogens with zero attached hydrogens (tertiary/aromatic N) is 1. The summed E-state index contributed by atoms with van der Waals surface area (Å²) in [5, 5.41) is 12.6. The Morgan fingerprint density at radius 3 is 2.83 bits per heavy atom. The average molecular weight is 402 g/mol. The Morgan fingerprint density at radius 2 is 2.10 bits per heavy atom. The van der Waals surface area contributed by atoms with Gasteiger partial charge in [0.2, 0.25) is 0 Å². The summed E-state index contributed by atoms with van der Waals surface area (Å²) in [5.74, 6) is -4.43. The van der Waals surface area contributed by atoms with Crippen LogP contribution in [0.4, 0.5) is 8.78 Å². The molecule has 0 amide bonds. The van der Waals surface area contributed by atoms with Crippen LogP contribution < -0.4 is 0 Å². The Kier molecular flexibility index (Phi) is 3.19. The number of benzene rings is 1. The molecule has 3 heterocycles. The standard InChI is InChI=1S/C22H24F2N2O3/c1-20(23,24)22(28)16-13-9-21(19(27)29-2)17-12(11-5-3-4-6-15(11)25-17)7-8-26(18(21)22)10-14(13)16/h3-6,13-14,16,18,25,28H,7-10H2,1-2H3. The highest BCUT2D eigenvalue weighted by molar-refractivity contribution is 5.92. The van der Waals surface area contributed by atoms with Crippen LogP contribution in [0.3, 0.4) is 0 Å². The van der Waals surface area contributed by atoms with Crippen molar-refractivity contribution in [2.75, 3.05) is 20.2 Å². The second-order valence-corrected chi connectivity index (χ2v) is 9.41. The molecule has 1 aromatic heterocycles. The molecule has 2 aliphatic heterocycles. The third-order valence-corrected chi connectivity index (χ3v) is 8.25. The van der Waals surface area contributed by atoms with Gasteiger partial charge in [0.25, 0.3) is 5.92 Å². The number of rotatable bonds is 2. The zero-order valence-electron chi connectivity index (χ0n) is 16.4. The van der Waals surface area contributed by atoms with Crippen molar-refractivity contribution in [1.82, 2.24) is 9.88 Å². The summed E-state index contributed by atoms with van der Waals surface area (Å²) in [6, 6.07) is 6.77. The van der Waals surface area contributed by atoms with E-state index in [1.165, 1.54) is 7.11 Å². The predicted molar refractivity (Wildman–Crippen MR) is 102 cm³/mol. The molecule has 1 aromatic carbocycles. The van der Waals surface area contributed by atoms with E-state index < -0.39 is 34.9 Å². The Labute approximate surface area is 167 Å². The van der Waals surface area contributed by atoms with E-state index in [1.54, 1.807) is 0 Å². The first kappa shape index (κ1) is 17.8. The van der Waals surface area contributed by atoms with Crippen LogP contribution in [0.15, 0.2) is 24.3 Å². The van der Waals surface area contributed by atoms with Gasteiger partial charge in [-0.2, -0.15) is 0 Å². The molecule has 2 saturated carbocycles. The molecule has 4 aliphatic rings. The molecule has 2 N–H and O–H groups in total. The van der Waals surface area contributed by atoms with E-state index >= 15 is 8.78 Å². The fourth-order valence-electron chi connectivity index (χ4n) is 7.20. The summed E-state index contributed by atoms with van der Waals surface area (Å²) in [4.78, 5) is 18.8. The van der Waals surface area contributed by atoms with Gasteiger partial charge < -0.3 is 14.8 Å². The molecule has 6 atom stereocenters. The molecule has 3 fully saturated rings. The topological polar surface area (TPSA) is 65.6 Å². The van der Waals surface area contributed by atoms with Crippen LogP contribution >= 0.6 is 0 Å². The number of H-pyrrole nitrogens is 1. The van der Waals surface area contributed by atoms with Crippen LogP contribution in [-0.4, -0.2) is 58.7 Å². The first-order valence-corrected chi connectivity index (χ1v) is 10.3.